The van der Waals surface area contributed by atoms with Gasteiger partial charge in [0.05, 0.1) is 5.60 Å². The second-order valence-corrected chi connectivity index (χ2v) is 7.98. The van der Waals surface area contributed by atoms with Crippen LogP contribution in [-0.4, -0.2) is 16.2 Å². The smallest absolute Gasteiger partial charge is 0.126 e. The van der Waals surface area contributed by atoms with Gasteiger partial charge in [-0.1, -0.05) is 51.1 Å². The Bertz CT molecular complexity index is 548. The Hall–Kier alpha value is -0.350. The molecule has 1 fully saturated rings. The van der Waals surface area contributed by atoms with Crippen LogP contribution >= 0.6 is 24.0 Å². The van der Waals surface area contributed by atoms with Gasteiger partial charge in [-0.05, 0) is 49.4 Å². The minimum absolute atomic E-state index is 0. The molecule has 0 aliphatic heterocycles. The third kappa shape index (κ3) is 5.32. The molecule has 144 valence electrons. The van der Waals surface area contributed by atoms with Crippen LogP contribution in [0.1, 0.15) is 70.8 Å². The third-order valence-corrected chi connectivity index (χ3v) is 5.87. The number of hydrogen-bond donors (Lipinski definition) is 2. The number of hydrogen-bond acceptors (Lipinski definition) is 2. The van der Waals surface area contributed by atoms with Gasteiger partial charge in [0, 0.05) is 22.9 Å². The van der Waals surface area contributed by atoms with Gasteiger partial charge < -0.3 is 10.8 Å². The van der Waals surface area contributed by atoms with Gasteiger partial charge in [-0.25, -0.2) is 4.39 Å². The Morgan fingerprint density at radius 1 is 1.28 bits per heavy atom. The summed E-state index contributed by atoms with van der Waals surface area (Å²) in [5, 5.41) is 12.0. The maximum absolute atomic E-state index is 14.2. The fourth-order valence-electron chi connectivity index (χ4n) is 4.67. The van der Waals surface area contributed by atoms with Crippen LogP contribution in [0.3, 0.4) is 0 Å². The zero-order chi connectivity index (χ0) is 17.8. The third-order valence-electron chi connectivity index (χ3n) is 5.63. The second-order valence-electron chi connectivity index (χ2n) is 7.55. The SMILES string of the molecule is CCCC(N)(CCC)[C@@H]1CCCC[C@@]1(O)Cc1cc(Cl)ccc1F.Cl. The monoisotopic (exact) mass is 391 g/mol. The molecule has 1 aromatic rings. The molecule has 2 atom stereocenters. The first-order valence-electron chi connectivity index (χ1n) is 9.30. The lowest BCUT2D eigenvalue weighted by molar-refractivity contribution is -0.0823. The van der Waals surface area contributed by atoms with Gasteiger partial charge in [-0.2, -0.15) is 0 Å². The molecular formula is C20H32Cl2FNO. The molecule has 1 aliphatic carbocycles. The number of halogens is 3. The van der Waals surface area contributed by atoms with E-state index in [0.29, 0.717) is 17.0 Å². The van der Waals surface area contributed by atoms with E-state index in [1.807, 2.05) is 0 Å². The van der Waals surface area contributed by atoms with Gasteiger partial charge in [-0.15, -0.1) is 12.4 Å². The highest BCUT2D eigenvalue weighted by Gasteiger charge is 2.48. The quantitative estimate of drug-likeness (QED) is 0.629. The van der Waals surface area contributed by atoms with Crippen LogP contribution in [0.15, 0.2) is 18.2 Å². The Kier molecular flexibility index (Phi) is 8.66. The average Bonchev–Trinajstić information content (AvgIpc) is 2.51. The molecule has 25 heavy (non-hydrogen) atoms. The molecule has 1 aliphatic rings. The topological polar surface area (TPSA) is 46.2 Å². The summed E-state index contributed by atoms with van der Waals surface area (Å²) in [5.74, 6) is -0.303. The van der Waals surface area contributed by atoms with Crippen molar-refractivity contribution in [2.24, 2.45) is 11.7 Å². The van der Waals surface area contributed by atoms with Crippen LogP contribution in [-0.2, 0) is 6.42 Å². The van der Waals surface area contributed by atoms with Crippen molar-refractivity contribution in [1.29, 1.82) is 0 Å². The van der Waals surface area contributed by atoms with E-state index in [4.69, 9.17) is 17.3 Å². The van der Waals surface area contributed by atoms with Crippen LogP contribution in [0, 0.1) is 11.7 Å². The van der Waals surface area contributed by atoms with Gasteiger partial charge in [0.2, 0.25) is 0 Å². The number of aliphatic hydroxyl groups is 1. The zero-order valence-electron chi connectivity index (χ0n) is 15.4. The molecule has 0 unspecified atom stereocenters. The zero-order valence-corrected chi connectivity index (χ0v) is 16.9. The summed E-state index contributed by atoms with van der Waals surface area (Å²) in [6.45, 7) is 4.27. The molecule has 0 radical (unpaired) electrons. The molecule has 0 saturated heterocycles. The molecule has 2 rings (SSSR count). The molecule has 0 amide bonds. The van der Waals surface area contributed by atoms with E-state index in [1.54, 1.807) is 12.1 Å². The molecule has 0 spiro atoms. The molecule has 0 aromatic heterocycles. The Balaban J connectivity index is 0.00000312. The van der Waals surface area contributed by atoms with E-state index in [0.717, 1.165) is 44.9 Å². The van der Waals surface area contributed by atoms with Gasteiger partial charge in [-0.3, -0.25) is 0 Å². The van der Waals surface area contributed by atoms with Gasteiger partial charge in [0.25, 0.3) is 0 Å². The Labute approximate surface area is 162 Å². The first-order valence-corrected chi connectivity index (χ1v) is 9.67. The first-order chi connectivity index (χ1) is 11.3. The Morgan fingerprint density at radius 3 is 2.52 bits per heavy atom. The normalized spacial score (nSPS) is 24.0. The molecule has 3 N–H and O–H groups in total. The van der Waals surface area contributed by atoms with Crippen molar-refractivity contribution < 1.29 is 9.50 Å². The maximum atomic E-state index is 14.2. The Morgan fingerprint density at radius 2 is 1.92 bits per heavy atom. The van der Waals surface area contributed by atoms with E-state index in [-0.39, 0.29) is 36.1 Å². The number of nitrogens with two attached hydrogens (primary N) is 1. The summed E-state index contributed by atoms with van der Waals surface area (Å²) in [5.41, 5.74) is 5.97. The first kappa shape index (κ1) is 22.7. The van der Waals surface area contributed by atoms with Crippen LogP contribution in [0.2, 0.25) is 5.02 Å². The summed E-state index contributed by atoms with van der Waals surface area (Å²) in [6, 6.07) is 4.56. The minimum Gasteiger partial charge on any atom is -0.389 e. The molecule has 0 bridgehead atoms. The highest BCUT2D eigenvalue weighted by atomic mass is 35.5. The van der Waals surface area contributed by atoms with Gasteiger partial charge in [0.15, 0.2) is 0 Å². The van der Waals surface area contributed by atoms with Crippen LogP contribution in [0.5, 0.6) is 0 Å². The number of rotatable bonds is 7. The maximum Gasteiger partial charge on any atom is 0.126 e. The van der Waals surface area contributed by atoms with Crippen molar-refractivity contribution >= 4 is 24.0 Å². The standard InChI is InChI=1S/C20H31ClFNO.ClH/c1-3-10-19(23,11-4-2)18-7-5-6-12-20(18,24)14-15-13-16(21)8-9-17(15)22;/h8-9,13,18,24H,3-7,10-12,14,23H2,1-2H3;1H/t18-,20+;/m0./s1. The fourth-order valence-corrected chi connectivity index (χ4v) is 4.86. The summed E-state index contributed by atoms with van der Waals surface area (Å²) in [6.07, 6.45) is 7.70. The van der Waals surface area contributed by atoms with Crippen molar-refractivity contribution in [3.05, 3.63) is 34.6 Å². The largest absolute Gasteiger partial charge is 0.389 e. The van der Waals surface area contributed by atoms with E-state index >= 15 is 0 Å². The highest BCUT2D eigenvalue weighted by molar-refractivity contribution is 6.30. The highest BCUT2D eigenvalue weighted by Crippen LogP contribution is 2.45. The molecular weight excluding hydrogens is 360 g/mol. The predicted molar refractivity (Wildman–Crippen MR) is 106 cm³/mol. The summed E-state index contributed by atoms with van der Waals surface area (Å²) in [4.78, 5) is 0. The van der Waals surface area contributed by atoms with Crippen molar-refractivity contribution in [3.8, 4) is 0 Å². The van der Waals surface area contributed by atoms with E-state index in [1.165, 1.54) is 6.07 Å². The van der Waals surface area contributed by atoms with E-state index in [9.17, 15) is 9.50 Å². The lowest BCUT2D eigenvalue weighted by Gasteiger charge is -2.50. The molecule has 1 saturated carbocycles. The van der Waals surface area contributed by atoms with Crippen molar-refractivity contribution in [3.63, 3.8) is 0 Å². The molecule has 1 aromatic carbocycles. The predicted octanol–water partition coefficient (Wildman–Crippen LogP) is 5.66. The van der Waals surface area contributed by atoms with Crippen molar-refractivity contribution in [2.45, 2.75) is 82.8 Å². The van der Waals surface area contributed by atoms with Gasteiger partial charge in [0.1, 0.15) is 5.82 Å². The van der Waals surface area contributed by atoms with E-state index in [2.05, 4.69) is 13.8 Å². The number of benzene rings is 1. The fraction of sp³-hybridized carbons (Fsp3) is 0.700. The molecule has 2 nitrogen and oxygen atoms in total. The second kappa shape index (κ2) is 9.55. The summed E-state index contributed by atoms with van der Waals surface area (Å²) in [7, 11) is 0. The van der Waals surface area contributed by atoms with Crippen molar-refractivity contribution in [2.75, 3.05) is 0 Å². The van der Waals surface area contributed by atoms with Crippen LogP contribution in [0.25, 0.3) is 0 Å². The summed E-state index contributed by atoms with van der Waals surface area (Å²) >= 11 is 6.03. The lowest BCUT2D eigenvalue weighted by Crippen LogP contribution is -2.59. The average molecular weight is 392 g/mol. The minimum atomic E-state index is -0.955. The molecule has 0 heterocycles. The lowest BCUT2D eigenvalue weighted by atomic mass is 9.61. The molecule has 5 heteroatoms. The van der Waals surface area contributed by atoms with Crippen molar-refractivity contribution in [1.82, 2.24) is 0 Å². The summed E-state index contributed by atoms with van der Waals surface area (Å²) < 4.78 is 14.2. The van der Waals surface area contributed by atoms with Crippen LogP contribution < -0.4 is 5.73 Å². The van der Waals surface area contributed by atoms with Gasteiger partial charge >= 0.3 is 0 Å². The van der Waals surface area contributed by atoms with E-state index < -0.39 is 5.60 Å². The van der Waals surface area contributed by atoms with Crippen LogP contribution in [0.4, 0.5) is 4.39 Å².